The van der Waals surface area contributed by atoms with E-state index in [1.807, 2.05) is 0 Å². The Morgan fingerprint density at radius 2 is 1.73 bits per heavy atom. The molecule has 33 heavy (non-hydrogen) atoms. The van der Waals surface area contributed by atoms with Gasteiger partial charge in [0.15, 0.2) is 5.69 Å². The summed E-state index contributed by atoms with van der Waals surface area (Å²) in [6.07, 6.45) is 13.5. The first-order valence-corrected chi connectivity index (χ1v) is 12.4. The maximum atomic E-state index is 12.9. The lowest BCUT2D eigenvalue weighted by Crippen LogP contribution is -2.56. The Bertz CT molecular complexity index is 719. The van der Waals surface area contributed by atoms with Crippen molar-refractivity contribution in [2.75, 3.05) is 45.2 Å². The highest BCUT2D eigenvalue weighted by Gasteiger charge is 2.45. The van der Waals surface area contributed by atoms with Crippen LogP contribution in [0.15, 0.2) is 12.1 Å². The molecule has 0 spiro atoms. The van der Waals surface area contributed by atoms with Gasteiger partial charge >= 0.3 is 5.97 Å². The summed E-state index contributed by atoms with van der Waals surface area (Å²) in [5.74, 6) is -3.26. The standard InChI is InChI=1S/C13H14F2N2O3.C12H27N/c14-13(15)6-17(7-13)10-4-3-9(12(18)19)16-11(10)20-5-8-1-2-8;1-4-5-6-7-8-9-10-11-12-13(2)3/h3-4,8H,1-2,5-7H2,(H,18,19);4-12H2,1-3H3. The van der Waals surface area contributed by atoms with E-state index in [1.165, 1.54) is 74.9 Å². The Balaban J connectivity index is 0.000000260. The average Bonchev–Trinajstić information content (AvgIpc) is 3.57. The quantitative estimate of drug-likeness (QED) is 0.352. The normalized spacial score (nSPS) is 16.7. The van der Waals surface area contributed by atoms with Crippen LogP contribution in [0.1, 0.15) is 81.6 Å². The van der Waals surface area contributed by atoms with Crippen LogP contribution in [-0.4, -0.2) is 67.2 Å². The smallest absolute Gasteiger partial charge is 0.354 e. The largest absolute Gasteiger partial charge is 0.477 e. The Kier molecular flexibility index (Phi) is 11.3. The number of hydrogen-bond acceptors (Lipinski definition) is 5. The molecule has 3 rings (SSSR count). The van der Waals surface area contributed by atoms with Gasteiger partial charge in [0.2, 0.25) is 5.88 Å². The number of halogens is 2. The molecule has 1 aliphatic heterocycles. The van der Waals surface area contributed by atoms with Crippen LogP contribution in [0, 0.1) is 5.92 Å². The topological polar surface area (TPSA) is 65.9 Å². The highest BCUT2D eigenvalue weighted by atomic mass is 19.3. The predicted molar refractivity (Wildman–Crippen MR) is 128 cm³/mol. The molecule has 1 saturated heterocycles. The first-order valence-electron chi connectivity index (χ1n) is 12.4. The maximum absolute atomic E-state index is 12.9. The van der Waals surface area contributed by atoms with Crippen molar-refractivity contribution in [2.45, 2.75) is 77.1 Å². The SMILES string of the molecule is CCCCCCCCCCN(C)C.O=C(O)c1ccc(N2CC(F)(F)C2)c(OCC2CC2)n1. The number of nitrogens with zero attached hydrogens (tertiary/aromatic N) is 3. The van der Waals surface area contributed by atoms with Gasteiger partial charge in [0.05, 0.1) is 19.7 Å². The highest BCUT2D eigenvalue weighted by molar-refractivity contribution is 5.86. The number of unbranched alkanes of at least 4 members (excludes halogenated alkanes) is 7. The number of aromatic carboxylic acids is 1. The first-order chi connectivity index (χ1) is 15.7. The fourth-order valence-electron chi connectivity index (χ4n) is 3.62. The van der Waals surface area contributed by atoms with E-state index in [0.717, 1.165) is 12.8 Å². The van der Waals surface area contributed by atoms with E-state index in [0.29, 0.717) is 18.2 Å². The van der Waals surface area contributed by atoms with E-state index in [9.17, 15) is 13.6 Å². The van der Waals surface area contributed by atoms with E-state index < -0.39 is 11.9 Å². The first kappa shape index (κ1) is 27.3. The van der Waals surface area contributed by atoms with Crippen LogP contribution in [0.4, 0.5) is 14.5 Å². The van der Waals surface area contributed by atoms with E-state index in [-0.39, 0.29) is 24.7 Å². The summed E-state index contributed by atoms with van der Waals surface area (Å²) in [5.41, 5.74) is 0.286. The molecule has 0 bridgehead atoms. The Hall–Kier alpha value is -1.96. The number of carboxylic acid groups (broad SMARTS) is 1. The molecular formula is C25H41F2N3O3. The molecule has 0 atom stereocenters. The molecule has 1 aromatic heterocycles. The average molecular weight is 470 g/mol. The number of carbonyl (C=O) groups is 1. The zero-order valence-corrected chi connectivity index (χ0v) is 20.5. The molecule has 1 N–H and O–H groups in total. The lowest BCUT2D eigenvalue weighted by atomic mass is 10.1. The predicted octanol–water partition coefficient (Wildman–Crippen LogP) is 5.71. The van der Waals surface area contributed by atoms with Gasteiger partial charge in [-0.2, -0.15) is 0 Å². The molecule has 6 nitrogen and oxygen atoms in total. The van der Waals surface area contributed by atoms with Gasteiger partial charge in [0.25, 0.3) is 5.92 Å². The van der Waals surface area contributed by atoms with Gasteiger partial charge in [0.1, 0.15) is 5.69 Å². The molecular weight excluding hydrogens is 428 g/mol. The molecule has 8 heteroatoms. The van der Waals surface area contributed by atoms with E-state index in [4.69, 9.17) is 9.84 Å². The Labute approximate surface area is 197 Å². The van der Waals surface area contributed by atoms with Crippen molar-refractivity contribution in [3.63, 3.8) is 0 Å². The molecule has 0 unspecified atom stereocenters. The monoisotopic (exact) mass is 469 g/mol. The Morgan fingerprint density at radius 1 is 1.12 bits per heavy atom. The number of pyridine rings is 1. The summed E-state index contributed by atoms with van der Waals surface area (Å²) in [7, 11) is 4.31. The lowest BCUT2D eigenvalue weighted by Gasteiger charge is -2.40. The minimum atomic E-state index is -2.70. The second-order valence-electron chi connectivity index (χ2n) is 9.57. The van der Waals surface area contributed by atoms with Crippen molar-refractivity contribution in [1.82, 2.24) is 9.88 Å². The maximum Gasteiger partial charge on any atom is 0.354 e. The molecule has 188 valence electrons. The third kappa shape index (κ3) is 10.7. The van der Waals surface area contributed by atoms with Gasteiger partial charge < -0.3 is 19.6 Å². The zero-order valence-electron chi connectivity index (χ0n) is 20.5. The number of hydrogen-bond donors (Lipinski definition) is 1. The van der Waals surface area contributed by atoms with Crippen molar-refractivity contribution >= 4 is 11.7 Å². The van der Waals surface area contributed by atoms with Crippen LogP contribution in [-0.2, 0) is 0 Å². The van der Waals surface area contributed by atoms with Gasteiger partial charge in [-0.15, -0.1) is 0 Å². The molecule has 0 amide bonds. The molecule has 0 aromatic carbocycles. The fourth-order valence-corrected chi connectivity index (χ4v) is 3.62. The molecule has 2 fully saturated rings. The van der Waals surface area contributed by atoms with Crippen LogP contribution in [0.25, 0.3) is 0 Å². The van der Waals surface area contributed by atoms with Crippen molar-refractivity contribution in [3.05, 3.63) is 17.8 Å². The van der Waals surface area contributed by atoms with Crippen LogP contribution in [0.5, 0.6) is 5.88 Å². The third-order valence-electron chi connectivity index (χ3n) is 5.86. The summed E-state index contributed by atoms with van der Waals surface area (Å²) in [6, 6.07) is 2.78. The molecule has 1 aromatic rings. The van der Waals surface area contributed by atoms with Gasteiger partial charge in [-0.1, -0.05) is 51.9 Å². The lowest BCUT2D eigenvalue weighted by molar-refractivity contribution is -0.0265. The molecule has 2 aliphatic rings. The number of rotatable bonds is 14. The van der Waals surface area contributed by atoms with Crippen molar-refractivity contribution in [2.24, 2.45) is 5.92 Å². The van der Waals surface area contributed by atoms with Crippen molar-refractivity contribution in [3.8, 4) is 5.88 Å². The second kappa shape index (κ2) is 13.7. The van der Waals surface area contributed by atoms with Crippen LogP contribution < -0.4 is 9.64 Å². The summed E-state index contributed by atoms with van der Waals surface area (Å²) in [6.45, 7) is 3.21. The summed E-state index contributed by atoms with van der Waals surface area (Å²) in [4.78, 5) is 18.6. The minimum absolute atomic E-state index is 0.132. The second-order valence-corrected chi connectivity index (χ2v) is 9.57. The van der Waals surface area contributed by atoms with Crippen LogP contribution >= 0.6 is 0 Å². The van der Waals surface area contributed by atoms with Gasteiger partial charge in [-0.05, 0) is 58.0 Å². The molecule has 1 saturated carbocycles. The van der Waals surface area contributed by atoms with Gasteiger partial charge in [0, 0.05) is 0 Å². The number of carboxylic acids is 1. The van der Waals surface area contributed by atoms with Gasteiger partial charge in [-0.25, -0.2) is 18.6 Å². The van der Waals surface area contributed by atoms with E-state index >= 15 is 0 Å². The summed E-state index contributed by atoms with van der Waals surface area (Å²) >= 11 is 0. The van der Waals surface area contributed by atoms with Crippen LogP contribution in [0.3, 0.4) is 0 Å². The highest BCUT2D eigenvalue weighted by Crippen LogP contribution is 2.37. The van der Waals surface area contributed by atoms with E-state index in [1.54, 1.807) is 0 Å². The van der Waals surface area contributed by atoms with Crippen molar-refractivity contribution in [1.29, 1.82) is 0 Å². The molecule has 2 heterocycles. The fraction of sp³-hybridized carbons (Fsp3) is 0.760. The van der Waals surface area contributed by atoms with Crippen LogP contribution in [0.2, 0.25) is 0 Å². The minimum Gasteiger partial charge on any atom is -0.477 e. The van der Waals surface area contributed by atoms with Gasteiger partial charge in [-0.3, -0.25) is 0 Å². The van der Waals surface area contributed by atoms with Crippen molar-refractivity contribution < 1.29 is 23.4 Å². The van der Waals surface area contributed by atoms with E-state index in [2.05, 4.69) is 30.9 Å². The zero-order chi connectivity index (χ0) is 24.3. The number of anilines is 1. The molecule has 1 aliphatic carbocycles. The summed E-state index contributed by atoms with van der Waals surface area (Å²) in [5, 5.41) is 8.93. The number of aromatic nitrogens is 1. The molecule has 0 radical (unpaired) electrons. The Morgan fingerprint density at radius 3 is 2.24 bits per heavy atom. The third-order valence-corrected chi connectivity index (χ3v) is 5.86. The number of alkyl halides is 2. The summed E-state index contributed by atoms with van der Waals surface area (Å²) < 4.78 is 31.4. The number of ether oxygens (including phenoxy) is 1.